The van der Waals surface area contributed by atoms with Gasteiger partial charge in [-0.25, -0.2) is 4.79 Å². The summed E-state index contributed by atoms with van der Waals surface area (Å²) in [5.41, 5.74) is 0.199. The lowest BCUT2D eigenvalue weighted by molar-refractivity contribution is -0.384. The van der Waals surface area contributed by atoms with Crippen LogP contribution in [-0.4, -0.2) is 42.5 Å². The molecule has 1 unspecified atom stereocenters. The van der Waals surface area contributed by atoms with Gasteiger partial charge in [-0.1, -0.05) is 13.0 Å². The minimum Gasteiger partial charge on any atom is -0.469 e. The topological polar surface area (TPSA) is 102 Å². The average Bonchev–Trinajstić information content (AvgIpc) is 2.46. The lowest BCUT2D eigenvalue weighted by atomic mass is 10.2. The van der Waals surface area contributed by atoms with E-state index >= 15 is 0 Å². The Balaban J connectivity index is 2.66. The fraction of sp³-hybridized carbons (Fsp3) is 0.385. The third-order valence-electron chi connectivity index (χ3n) is 2.81. The number of amides is 2. The molecule has 0 saturated carbocycles. The molecule has 1 aromatic carbocycles. The van der Waals surface area contributed by atoms with Crippen LogP contribution in [0.2, 0.25) is 0 Å². The Labute approximate surface area is 121 Å². The molecule has 8 heteroatoms. The lowest BCUT2D eigenvalue weighted by Gasteiger charge is -2.20. The van der Waals surface area contributed by atoms with E-state index in [9.17, 15) is 19.7 Å². The van der Waals surface area contributed by atoms with Crippen LogP contribution in [0.1, 0.15) is 6.92 Å². The molecule has 1 rings (SSSR count). The van der Waals surface area contributed by atoms with Crippen LogP contribution in [0.15, 0.2) is 24.3 Å². The molecule has 2 amide bonds. The highest BCUT2D eigenvalue weighted by atomic mass is 16.6. The third-order valence-corrected chi connectivity index (χ3v) is 2.81. The second-order valence-electron chi connectivity index (χ2n) is 4.54. The molecular formula is C13H17N3O5. The molecule has 1 aromatic rings. The summed E-state index contributed by atoms with van der Waals surface area (Å²) in [7, 11) is 2.80. The molecule has 0 aliphatic rings. The highest BCUT2D eigenvalue weighted by Crippen LogP contribution is 2.17. The maximum Gasteiger partial charge on any atom is 0.321 e. The lowest BCUT2D eigenvalue weighted by Crippen LogP contribution is -2.37. The average molecular weight is 295 g/mol. The number of hydrogen-bond donors (Lipinski definition) is 1. The molecule has 1 N–H and O–H groups in total. The summed E-state index contributed by atoms with van der Waals surface area (Å²) >= 11 is 0. The predicted molar refractivity (Wildman–Crippen MR) is 75.9 cm³/mol. The van der Waals surface area contributed by atoms with Crippen LogP contribution in [-0.2, 0) is 9.53 Å². The van der Waals surface area contributed by atoms with Crippen LogP contribution in [0, 0.1) is 16.0 Å². The van der Waals surface area contributed by atoms with Gasteiger partial charge in [0.1, 0.15) is 0 Å². The Morgan fingerprint density at radius 3 is 2.71 bits per heavy atom. The monoisotopic (exact) mass is 295 g/mol. The molecule has 0 heterocycles. The van der Waals surface area contributed by atoms with Crippen LogP contribution in [0.25, 0.3) is 0 Å². The fourth-order valence-corrected chi connectivity index (χ4v) is 1.69. The van der Waals surface area contributed by atoms with Crippen LogP contribution >= 0.6 is 0 Å². The standard InChI is InChI=1S/C13H17N3O5/c1-9(12(17)21-3)8-15(2)13(18)14-10-5-4-6-11(7-10)16(19)20/h4-7,9H,8H2,1-3H3,(H,14,18). The largest absolute Gasteiger partial charge is 0.469 e. The zero-order chi connectivity index (χ0) is 16.0. The summed E-state index contributed by atoms with van der Waals surface area (Å²) in [6.07, 6.45) is 0. The Morgan fingerprint density at radius 2 is 2.14 bits per heavy atom. The quantitative estimate of drug-likeness (QED) is 0.507. The summed E-state index contributed by atoms with van der Waals surface area (Å²) in [6, 6.07) is 5.15. The molecule has 21 heavy (non-hydrogen) atoms. The number of non-ortho nitro benzene ring substituents is 1. The Hall–Kier alpha value is -2.64. The smallest absolute Gasteiger partial charge is 0.321 e. The van der Waals surface area contributed by atoms with Crippen molar-refractivity contribution in [3.05, 3.63) is 34.4 Å². The number of methoxy groups -OCH3 is 1. The number of carbonyl (C=O) groups is 2. The molecule has 0 saturated heterocycles. The summed E-state index contributed by atoms with van der Waals surface area (Å²) < 4.78 is 4.58. The van der Waals surface area contributed by atoms with Gasteiger partial charge >= 0.3 is 12.0 Å². The summed E-state index contributed by atoms with van der Waals surface area (Å²) in [4.78, 5) is 34.6. The normalized spacial score (nSPS) is 11.4. The summed E-state index contributed by atoms with van der Waals surface area (Å²) in [6.45, 7) is 1.82. The highest BCUT2D eigenvalue weighted by Gasteiger charge is 2.19. The Kier molecular flexibility index (Phi) is 5.65. The van der Waals surface area contributed by atoms with Gasteiger partial charge in [-0.3, -0.25) is 14.9 Å². The number of nitrogens with zero attached hydrogens (tertiary/aromatic N) is 2. The number of nitro groups is 1. The van der Waals surface area contributed by atoms with Gasteiger partial charge in [-0.2, -0.15) is 0 Å². The van der Waals surface area contributed by atoms with Crippen molar-refractivity contribution in [3.63, 3.8) is 0 Å². The number of nitro benzene ring substituents is 1. The molecular weight excluding hydrogens is 278 g/mol. The van der Waals surface area contributed by atoms with Crippen LogP contribution in [0.4, 0.5) is 16.2 Å². The van der Waals surface area contributed by atoms with E-state index in [4.69, 9.17) is 0 Å². The molecule has 0 fully saturated rings. The van der Waals surface area contributed by atoms with Gasteiger partial charge in [0, 0.05) is 31.4 Å². The SMILES string of the molecule is COC(=O)C(C)CN(C)C(=O)Nc1cccc([N+](=O)[O-])c1. The Bertz CT molecular complexity index is 546. The van der Waals surface area contributed by atoms with E-state index in [1.54, 1.807) is 13.0 Å². The first-order valence-corrected chi connectivity index (χ1v) is 6.19. The molecule has 0 spiro atoms. The number of rotatable bonds is 5. The van der Waals surface area contributed by atoms with Gasteiger partial charge in [0.05, 0.1) is 18.0 Å². The number of anilines is 1. The maximum absolute atomic E-state index is 11.9. The molecule has 0 bridgehead atoms. The van der Waals surface area contributed by atoms with Crippen LogP contribution < -0.4 is 5.32 Å². The first-order chi connectivity index (χ1) is 9.85. The molecule has 0 aromatic heterocycles. The van der Waals surface area contributed by atoms with Crippen LogP contribution in [0.5, 0.6) is 0 Å². The number of benzene rings is 1. The van der Waals surface area contributed by atoms with Crippen molar-refractivity contribution in [2.24, 2.45) is 5.92 Å². The first kappa shape index (κ1) is 16.4. The van der Waals surface area contributed by atoms with Crippen molar-refractivity contribution in [2.45, 2.75) is 6.92 Å². The van der Waals surface area contributed by atoms with Crippen molar-refractivity contribution in [2.75, 3.05) is 26.0 Å². The third kappa shape index (κ3) is 4.75. The second-order valence-corrected chi connectivity index (χ2v) is 4.54. The second kappa shape index (κ2) is 7.22. The molecule has 1 atom stereocenters. The van der Waals surface area contributed by atoms with Gasteiger partial charge in [-0.05, 0) is 6.07 Å². The number of urea groups is 1. The molecule has 0 aliphatic heterocycles. The number of carbonyl (C=O) groups excluding carboxylic acids is 2. The van der Waals surface area contributed by atoms with Gasteiger partial charge in [0.25, 0.3) is 5.69 Å². The van der Waals surface area contributed by atoms with Crippen molar-refractivity contribution in [1.29, 1.82) is 0 Å². The van der Waals surface area contributed by atoms with E-state index in [1.165, 1.54) is 37.3 Å². The molecule has 114 valence electrons. The zero-order valence-corrected chi connectivity index (χ0v) is 12.0. The minimum atomic E-state index is -0.543. The van der Waals surface area contributed by atoms with E-state index in [2.05, 4.69) is 10.1 Å². The summed E-state index contributed by atoms with van der Waals surface area (Å²) in [5, 5.41) is 13.2. The Morgan fingerprint density at radius 1 is 1.48 bits per heavy atom. The molecule has 8 nitrogen and oxygen atoms in total. The van der Waals surface area contributed by atoms with Crippen molar-refractivity contribution < 1.29 is 19.2 Å². The minimum absolute atomic E-state index is 0.113. The molecule has 0 radical (unpaired) electrons. The number of ether oxygens (including phenoxy) is 1. The predicted octanol–water partition coefficient (Wildman–Crippen LogP) is 1.87. The van der Waals surface area contributed by atoms with Gasteiger partial charge in [0.15, 0.2) is 0 Å². The van der Waals surface area contributed by atoms with E-state index in [0.717, 1.165) is 0 Å². The van der Waals surface area contributed by atoms with Gasteiger partial charge < -0.3 is 15.0 Å². The van der Waals surface area contributed by atoms with Crippen molar-refractivity contribution >= 4 is 23.4 Å². The summed E-state index contributed by atoms with van der Waals surface area (Å²) in [5.74, 6) is -0.874. The van der Waals surface area contributed by atoms with Gasteiger partial charge in [0.2, 0.25) is 0 Å². The van der Waals surface area contributed by atoms with E-state index < -0.39 is 22.8 Å². The highest BCUT2D eigenvalue weighted by molar-refractivity contribution is 5.89. The van der Waals surface area contributed by atoms with Crippen molar-refractivity contribution in [3.8, 4) is 0 Å². The zero-order valence-electron chi connectivity index (χ0n) is 12.0. The van der Waals surface area contributed by atoms with E-state index in [-0.39, 0.29) is 12.2 Å². The van der Waals surface area contributed by atoms with E-state index in [0.29, 0.717) is 5.69 Å². The number of nitrogens with one attached hydrogen (secondary N) is 1. The molecule has 0 aliphatic carbocycles. The number of hydrogen-bond acceptors (Lipinski definition) is 5. The van der Waals surface area contributed by atoms with Crippen LogP contribution in [0.3, 0.4) is 0 Å². The number of esters is 1. The fourth-order valence-electron chi connectivity index (χ4n) is 1.69. The van der Waals surface area contributed by atoms with E-state index in [1.807, 2.05) is 0 Å². The maximum atomic E-state index is 11.9. The first-order valence-electron chi connectivity index (χ1n) is 6.19. The van der Waals surface area contributed by atoms with Crippen molar-refractivity contribution in [1.82, 2.24) is 4.90 Å². The van der Waals surface area contributed by atoms with Gasteiger partial charge in [-0.15, -0.1) is 0 Å².